The van der Waals surface area contributed by atoms with Crippen molar-refractivity contribution >= 4 is 63.5 Å². The maximum Gasteiger partial charge on any atom is 0.332 e. The Morgan fingerprint density at radius 2 is 1.87 bits per heavy atom. The van der Waals surface area contributed by atoms with Crippen molar-refractivity contribution in [2.75, 3.05) is 11.9 Å². The van der Waals surface area contributed by atoms with Gasteiger partial charge in [0, 0.05) is 17.5 Å². The average Bonchev–Trinajstić information content (AvgIpc) is 2.44. The molecular weight excluding hydrogens is 454 g/mol. The second-order valence-electron chi connectivity index (χ2n) is 4.84. The second kappa shape index (κ2) is 9.34. The van der Waals surface area contributed by atoms with Gasteiger partial charge in [-0.05, 0) is 47.6 Å². The van der Waals surface area contributed by atoms with Crippen LogP contribution in [0, 0.1) is 9.49 Å². The van der Waals surface area contributed by atoms with Gasteiger partial charge in [-0.15, -0.1) is 0 Å². The molecule has 2 N–H and O–H groups in total. The minimum Gasteiger partial charge on any atom is -0.463 e. The number of carbonyl (C=O) groups excluding carboxylic acids is 2. The molecule has 0 unspecified atom stereocenters. The van der Waals surface area contributed by atoms with Crippen LogP contribution in [-0.2, 0) is 9.53 Å². The fraction of sp³-hybridized carbons (Fsp3) is 0.333. The van der Waals surface area contributed by atoms with Crippen LogP contribution in [0.15, 0.2) is 23.9 Å². The molecule has 2 amide bonds. The van der Waals surface area contributed by atoms with Crippen molar-refractivity contribution in [3.05, 3.63) is 37.5 Å². The molecule has 0 aromatic heterocycles. The number of ether oxygens (including phenoxy) is 1. The van der Waals surface area contributed by atoms with Gasteiger partial charge in [-0.3, -0.25) is 0 Å². The number of halogens is 3. The lowest BCUT2D eigenvalue weighted by Gasteiger charge is -2.14. The highest BCUT2D eigenvalue weighted by molar-refractivity contribution is 14.1. The molecule has 0 aliphatic carbocycles. The second-order valence-corrected chi connectivity index (χ2v) is 6.73. The fourth-order valence-corrected chi connectivity index (χ4v) is 2.38. The Morgan fingerprint density at radius 3 is 2.35 bits per heavy atom. The van der Waals surface area contributed by atoms with E-state index in [9.17, 15) is 9.59 Å². The normalized spacial score (nSPS) is 11.3. The number of carbonyl (C=O) groups is 2. The minimum absolute atomic E-state index is 0.0611. The van der Waals surface area contributed by atoms with Gasteiger partial charge in [0.15, 0.2) is 0 Å². The standard InChI is InChI=1S/C15H17Cl2IN2O3/c1-4-23-13(21)7-12(8(2)3)20-15(22)19-9-5-10(16)14(18)11(17)6-9/h5-8H,4H2,1-3H3,(H2,19,20,22)/b12-7+. The first kappa shape index (κ1) is 20.1. The Kier molecular flexibility index (Phi) is 8.15. The molecule has 0 aliphatic heterocycles. The monoisotopic (exact) mass is 470 g/mol. The van der Waals surface area contributed by atoms with Gasteiger partial charge in [-0.25, -0.2) is 9.59 Å². The lowest BCUT2D eigenvalue weighted by Crippen LogP contribution is -2.30. The Bertz CT molecular complexity index is 610. The average molecular weight is 471 g/mol. The van der Waals surface area contributed by atoms with Gasteiger partial charge in [0.1, 0.15) is 0 Å². The number of hydrogen-bond acceptors (Lipinski definition) is 3. The molecule has 126 valence electrons. The highest BCUT2D eigenvalue weighted by Gasteiger charge is 2.12. The topological polar surface area (TPSA) is 67.4 Å². The smallest absolute Gasteiger partial charge is 0.332 e. The number of rotatable bonds is 5. The molecule has 0 saturated heterocycles. The van der Waals surface area contributed by atoms with Gasteiger partial charge < -0.3 is 15.4 Å². The zero-order chi connectivity index (χ0) is 17.6. The summed E-state index contributed by atoms with van der Waals surface area (Å²) in [5.74, 6) is -0.564. The van der Waals surface area contributed by atoms with Crippen LogP contribution in [0.2, 0.25) is 10.0 Å². The molecule has 5 nitrogen and oxygen atoms in total. The summed E-state index contributed by atoms with van der Waals surface area (Å²) < 4.78 is 5.55. The van der Waals surface area contributed by atoms with Crippen molar-refractivity contribution in [3.63, 3.8) is 0 Å². The number of nitrogens with one attached hydrogen (secondary N) is 2. The number of hydrogen-bond donors (Lipinski definition) is 2. The SMILES string of the molecule is CCOC(=O)/C=C(/NC(=O)Nc1cc(Cl)c(I)c(Cl)c1)C(C)C. The van der Waals surface area contributed by atoms with Crippen LogP contribution in [0.25, 0.3) is 0 Å². The first-order valence-electron chi connectivity index (χ1n) is 6.85. The van der Waals surface area contributed by atoms with Crippen LogP contribution < -0.4 is 10.6 Å². The summed E-state index contributed by atoms with van der Waals surface area (Å²) >= 11 is 14.1. The third-order valence-electron chi connectivity index (χ3n) is 2.68. The zero-order valence-corrected chi connectivity index (χ0v) is 16.5. The third kappa shape index (κ3) is 6.56. The first-order valence-corrected chi connectivity index (χ1v) is 8.69. The summed E-state index contributed by atoms with van der Waals surface area (Å²) in [5.41, 5.74) is 0.904. The highest BCUT2D eigenvalue weighted by atomic mass is 127. The van der Waals surface area contributed by atoms with Crippen molar-refractivity contribution in [2.45, 2.75) is 20.8 Å². The largest absolute Gasteiger partial charge is 0.463 e. The summed E-state index contributed by atoms with van der Waals surface area (Å²) in [7, 11) is 0. The van der Waals surface area contributed by atoms with E-state index < -0.39 is 12.0 Å². The molecule has 0 bridgehead atoms. The van der Waals surface area contributed by atoms with Gasteiger partial charge in [0.05, 0.1) is 20.2 Å². The van der Waals surface area contributed by atoms with Gasteiger partial charge in [0.2, 0.25) is 0 Å². The van der Waals surface area contributed by atoms with E-state index in [4.69, 9.17) is 27.9 Å². The first-order chi connectivity index (χ1) is 10.7. The van der Waals surface area contributed by atoms with Crippen LogP contribution in [-0.4, -0.2) is 18.6 Å². The summed E-state index contributed by atoms with van der Waals surface area (Å²) in [5, 5.41) is 6.14. The molecule has 0 fully saturated rings. The van der Waals surface area contributed by atoms with Crippen LogP contribution >= 0.6 is 45.8 Å². The number of allylic oxidation sites excluding steroid dienone is 1. The van der Waals surface area contributed by atoms with E-state index in [1.807, 2.05) is 36.4 Å². The van der Waals surface area contributed by atoms with Crippen molar-refractivity contribution in [2.24, 2.45) is 5.92 Å². The molecular formula is C15H17Cl2IN2O3. The van der Waals surface area contributed by atoms with Gasteiger partial charge in [0.25, 0.3) is 0 Å². The summed E-state index contributed by atoms with van der Waals surface area (Å²) in [6.07, 6.45) is 1.27. The third-order valence-corrected chi connectivity index (χ3v) is 5.08. The van der Waals surface area contributed by atoms with Crippen molar-refractivity contribution in [1.82, 2.24) is 5.32 Å². The van der Waals surface area contributed by atoms with E-state index >= 15 is 0 Å². The van der Waals surface area contributed by atoms with Crippen molar-refractivity contribution in [3.8, 4) is 0 Å². The summed E-state index contributed by atoms with van der Waals surface area (Å²) in [6, 6.07) is 2.69. The maximum atomic E-state index is 12.1. The van der Waals surface area contributed by atoms with E-state index in [-0.39, 0.29) is 12.5 Å². The Labute approximate surface area is 158 Å². The Balaban J connectivity index is 2.83. The lowest BCUT2D eigenvalue weighted by atomic mass is 10.1. The van der Waals surface area contributed by atoms with Crippen molar-refractivity contribution < 1.29 is 14.3 Å². The van der Waals surface area contributed by atoms with Crippen LogP contribution in [0.4, 0.5) is 10.5 Å². The van der Waals surface area contributed by atoms with E-state index in [1.165, 1.54) is 6.08 Å². The molecule has 23 heavy (non-hydrogen) atoms. The number of benzene rings is 1. The van der Waals surface area contributed by atoms with Crippen LogP contribution in [0.3, 0.4) is 0 Å². The minimum atomic E-state index is -0.503. The van der Waals surface area contributed by atoms with Gasteiger partial charge in [-0.1, -0.05) is 37.0 Å². The fourth-order valence-electron chi connectivity index (χ4n) is 1.58. The van der Waals surface area contributed by atoms with Crippen LogP contribution in [0.1, 0.15) is 20.8 Å². The molecule has 0 heterocycles. The molecule has 0 saturated carbocycles. The van der Waals surface area contributed by atoms with E-state index in [0.29, 0.717) is 25.0 Å². The number of esters is 1. The van der Waals surface area contributed by atoms with E-state index in [1.54, 1.807) is 19.1 Å². The molecule has 1 aromatic rings. The van der Waals surface area contributed by atoms with Gasteiger partial charge >= 0.3 is 12.0 Å². The molecule has 1 aromatic carbocycles. The van der Waals surface area contributed by atoms with E-state index in [0.717, 1.165) is 0 Å². The number of urea groups is 1. The summed E-state index contributed by atoms with van der Waals surface area (Å²) in [4.78, 5) is 23.6. The lowest BCUT2D eigenvalue weighted by molar-refractivity contribution is -0.137. The molecule has 0 atom stereocenters. The quantitative estimate of drug-likeness (QED) is 0.280. The Hall–Kier alpha value is -0.990. The number of amides is 2. The molecule has 8 heteroatoms. The molecule has 0 spiro atoms. The van der Waals surface area contributed by atoms with Crippen LogP contribution in [0.5, 0.6) is 0 Å². The molecule has 1 rings (SSSR count). The highest BCUT2D eigenvalue weighted by Crippen LogP contribution is 2.30. The molecule has 0 aliphatic rings. The molecule has 0 radical (unpaired) electrons. The van der Waals surface area contributed by atoms with E-state index in [2.05, 4.69) is 10.6 Å². The zero-order valence-electron chi connectivity index (χ0n) is 12.9. The summed E-state index contributed by atoms with van der Waals surface area (Å²) in [6.45, 7) is 5.69. The maximum absolute atomic E-state index is 12.1. The predicted octanol–water partition coefficient (Wildman–Crippen LogP) is 4.82. The number of anilines is 1. The predicted molar refractivity (Wildman–Crippen MR) is 101 cm³/mol. The van der Waals surface area contributed by atoms with Crippen molar-refractivity contribution in [1.29, 1.82) is 0 Å². The Morgan fingerprint density at radius 1 is 1.30 bits per heavy atom. The van der Waals surface area contributed by atoms with Gasteiger partial charge in [-0.2, -0.15) is 0 Å².